The molecular weight excluding hydrogens is 344 g/mol. The van der Waals surface area contributed by atoms with E-state index in [0.717, 1.165) is 6.07 Å². The maximum Gasteiger partial charge on any atom is 0.295 e. The molecule has 0 unspecified atom stereocenters. The van der Waals surface area contributed by atoms with E-state index in [9.17, 15) is 16.8 Å². The minimum absolute atomic E-state index is 0. The number of nitrogen functional groups attached to an aromatic ring is 1. The van der Waals surface area contributed by atoms with Crippen LogP contribution in [0.15, 0.2) is 40.1 Å². The van der Waals surface area contributed by atoms with Crippen LogP contribution in [0.1, 0.15) is 0 Å². The lowest BCUT2D eigenvalue weighted by molar-refractivity contribution is 0.482. The number of nitrogens with two attached hydrogens (primary N) is 1. The highest BCUT2D eigenvalue weighted by Crippen LogP contribution is 2.29. The van der Waals surface area contributed by atoms with Crippen LogP contribution in [-0.4, -0.2) is 25.9 Å². The molecule has 5 N–H and O–H groups in total. The SMILES string of the molecule is Cl.NNc1ccc2c(S(=O)(=O)O)cc(S(=O)(=O)O)cc2c1. The molecule has 0 atom stereocenters. The van der Waals surface area contributed by atoms with Crippen molar-refractivity contribution in [2.24, 2.45) is 5.84 Å². The zero-order chi connectivity index (χ0) is 15.1. The first-order valence-corrected chi connectivity index (χ1v) is 8.00. The highest BCUT2D eigenvalue weighted by Gasteiger charge is 2.20. The quantitative estimate of drug-likeness (QED) is 0.363. The molecule has 0 fully saturated rings. The van der Waals surface area contributed by atoms with E-state index in [2.05, 4.69) is 5.43 Å². The molecule has 0 aromatic heterocycles. The summed E-state index contributed by atoms with van der Waals surface area (Å²) in [5.74, 6) is 5.20. The molecule has 0 aliphatic rings. The van der Waals surface area contributed by atoms with E-state index in [4.69, 9.17) is 14.9 Å². The van der Waals surface area contributed by atoms with Gasteiger partial charge in [-0.1, -0.05) is 6.07 Å². The second-order valence-electron chi connectivity index (χ2n) is 3.95. The van der Waals surface area contributed by atoms with Crippen LogP contribution in [0, 0.1) is 0 Å². The zero-order valence-corrected chi connectivity index (χ0v) is 12.7. The molecule has 2 aromatic carbocycles. The van der Waals surface area contributed by atoms with Crippen molar-refractivity contribution in [3.05, 3.63) is 30.3 Å². The third-order valence-corrected chi connectivity index (χ3v) is 4.36. The summed E-state index contributed by atoms with van der Waals surface area (Å²) in [7, 11) is -9.28. The van der Waals surface area contributed by atoms with Crippen LogP contribution >= 0.6 is 12.4 Å². The van der Waals surface area contributed by atoms with E-state index in [0.29, 0.717) is 11.8 Å². The number of hydrogen-bond acceptors (Lipinski definition) is 6. The van der Waals surface area contributed by atoms with Gasteiger partial charge in [-0.15, -0.1) is 12.4 Å². The molecule has 2 rings (SSSR count). The zero-order valence-electron chi connectivity index (χ0n) is 10.2. The van der Waals surface area contributed by atoms with E-state index in [-0.39, 0.29) is 23.2 Å². The molecule has 0 amide bonds. The van der Waals surface area contributed by atoms with Crippen molar-refractivity contribution in [1.29, 1.82) is 0 Å². The summed E-state index contributed by atoms with van der Waals surface area (Å²) in [5.41, 5.74) is 2.71. The lowest BCUT2D eigenvalue weighted by Crippen LogP contribution is -2.07. The van der Waals surface area contributed by atoms with E-state index in [1.807, 2.05) is 0 Å². The predicted octanol–water partition coefficient (Wildman–Crippen LogP) is 1.04. The fraction of sp³-hybridized carbons (Fsp3) is 0. The van der Waals surface area contributed by atoms with Gasteiger partial charge in [0.2, 0.25) is 0 Å². The minimum Gasteiger partial charge on any atom is -0.324 e. The average Bonchev–Trinajstić information content (AvgIpc) is 2.34. The van der Waals surface area contributed by atoms with Gasteiger partial charge >= 0.3 is 0 Å². The van der Waals surface area contributed by atoms with Crippen LogP contribution in [-0.2, 0) is 20.2 Å². The van der Waals surface area contributed by atoms with E-state index >= 15 is 0 Å². The predicted molar refractivity (Wildman–Crippen MR) is 78.6 cm³/mol. The van der Waals surface area contributed by atoms with E-state index < -0.39 is 30.0 Å². The lowest BCUT2D eigenvalue weighted by Gasteiger charge is -2.08. The van der Waals surface area contributed by atoms with Gasteiger partial charge in [0, 0.05) is 11.1 Å². The Morgan fingerprint density at radius 2 is 1.57 bits per heavy atom. The van der Waals surface area contributed by atoms with Crippen LogP contribution < -0.4 is 11.3 Å². The van der Waals surface area contributed by atoms with Crippen LogP contribution in [0.2, 0.25) is 0 Å². The Balaban J connectivity index is 0.00000220. The third kappa shape index (κ3) is 3.61. The van der Waals surface area contributed by atoms with Crippen LogP contribution in [0.3, 0.4) is 0 Å². The Morgan fingerprint density at radius 3 is 2.05 bits per heavy atom. The van der Waals surface area contributed by atoms with E-state index in [1.165, 1.54) is 18.2 Å². The fourth-order valence-electron chi connectivity index (χ4n) is 1.76. The van der Waals surface area contributed by atoms with Gasteiger partial charge in [0.1, 0.15) is 4.90 Å². The molecule has 116 valence electrons. The Labute approximate surface area is 126 Å². The summed E-state index contributed by atoms with van der Waals surface area (Å²) in [6, 6.07) is 5.92. The van der Waals surface area contributed by atoms with Gasteiger partial charge in [-0.3, -0.25) is 14.9 Å². The molecule has 0 saturated carbocycles. The molecule has 0 aliphatic heterocycles. The molecule has 0 radical (unpaired) electrons. The van der Waals surface area contributed by atoms with Crippen molar-refractivity contribution in [2.75, 3.05) is 5.43 Å². The van der Waals surface area contributed by atoms with Gasteiger partial charge in [0.15, 0.2) is 0 Å². The summed E-state index contributed by atoms with van der Waals surface area (Å²) in [5, 5.41) is 0.266. The Hall–Kier alpha value is -1.43. The maximum absolute atomic E-state index is 11.3. The first-order valence-electron chi connectivity index (χ1n) is 5.12. The van der Waals surface area contributed by atoms with Gasteiger partial charge in [0.05, 0.1) is 4.90 Å². The van der Waals surface area contributed by atoms with Crippen molar-refractivity contribution in [3.8, 4) is 0 Å². The number of hydrazine groups is 1. The summed E-state index contributed by atoms with van der Waals surface area (Å²) in [4.78, 5) is -1.27. The molecule has 0 heterocycles. The number of anilines is 1. The maximum atomic E-state index is 11.3. The Bertz CT molecular complexity index is 895. The van der Waals surface area contributed by atoms with Crippen molar-refractivity contribution in [2.45, 2.75) is 9.79 Å². The average molecular weight is 355 g/mol. The smallest absolute Gasteiger partial charge is 0.295 e. The molecule has 0 bridgehead atoms. The lowest BCUT2D eigenvalue weighted by atomic mass is 10.1. The second-order valence-corrected chi connectivity index (χ2v) is 6.76. The number of benzene rings is 2. The van der Waals surface area contributed by atoms with Crippen LogP contribution in [0.5, 0.6) is 0 Å². The van der Waals surface area contributed by atoms with Crippen LogP contribution in [0.25, 0.3) is 10.8 Å². The van der Waals surface area contributed by atoms with Gasteiger partial charge in [-0.25, -0.2) is 0 Å². The largest absolute Gasteiger partial charge is 0.324 e. The first-order chi connectivity index (χ1) is 9.13. The molecule has 21 heavy (non-hydrogen) atoms. The standard InChI is InChI=1S/C10H10N2O6S2.ClH/c11-12-7-1-2-9-6(3-7)4-8(19(13,14)15)5-10(9)20(16,17)18;/h1-5,12H,11H2,(H,13,14,15)(H,16,17,18);1H. The molecule has 2 aromatic rings. The second kappa shape index (κ2) is 5.75. The molecular formula is C10H11ClN2O6S2. The number of hydrogen-bond donors (Lipinski definition) is 4. The van der Waals surface area contributed by atoms with Crippen LogP contribution in [0.4, 0.5) is 5.69 Å². The van der Waals surface area contributed by atoms with Crippen molar-refractivity contribution >= 4 is 49.1 Å². The van der Waals surface area contributed by atoms with Gasteiger partial charge < -0.3 is 5.43 Å². The van der Waals surface area contributed by atoms with Gasteiger partial charge in [0.25, 0.3) is 20.2 Å². The monoisotopic (exact) mass is 354 g/mol. The molecule has 0 spiro atoms. The minimum atomic E-state index is -4.66. The summed E-state index contributed by atoms with van der Waals surface area (Å²) < 4.78 is 63.1. The number of nitrogens with one attached hydrogen (secondary N) is 1. The number of halogens is 1. The Kier molecular flexibility index (Phi) is 4.83. The van der Waals surface area contributed by atoms with Crippen molar-refractivity contribution in [1.82, 2.24) is 0 Å². The number of rotatable bonds is 3. The summed E-state index contributed by atoms with van der Waals surface area (Å²) in [6.07, 6.45) is 0. The third-order valence-electron chi connectivity index (χ3n) is 2.63. The first kappa shape index (κ1) is 17.6. The number of fused-ring (bicyclic) bond motifs is 1. The summed E-state index contributed by atoms with van der Waals surface area (Å²) >= 11 is 0. The molecule has 11 heteroatoms. The fourth-order valence-corrected chi connectivity index (χ4v) is 3.12. The molecule has 0 aliphatic carbocycles. The van der Waals surface area contributed by atoms with E-state index in [1.54, 1.807) is 0 Å². The van der Waals surface area contributed by atoms with Gasteiger partial charge in [-0.05, 0) is 29.7 Å². The van der Waals surface area contributed by atoms with Gasteiger partial charge in [-0.2, -0.15) is 16.8 Å². The topological polar surface area (TPSA) is 147 Å². The summed E-state index contributed by atoms with van der Waals surface area (Å²) in [6.45, 7) is 0. The van der Waals surface area contributed by atoms with Crippen molar-refractivity contribution in [3.63, 3.8) is 0 Å². The Morgan fingerprint density at radius 1 is 0.952 bits per heavy atom. The highest BCUT2D eigenvalue weighted by atomic mass is 35.5. The normalized spacial score (nSPS) is 12.0. The molecule has 8 nitrogen and oxygen atoms in total. The molecule has 0 saturated heterocycles. The highest BCUT2D eigenvalue weighted by molar-refractivity contribution is 7.86. The van der Waals surface area contributed by atoms with Crippen molar-refractivity contribution < 1.29 is 25.9 Å².